The fraction of sp³-hybridized carbons (Fsp3) is 0.923. The Balaban J connectivity index is 1.82. The van der Waals surface area contributed by atoms with Crippen molar-refractivity contribution in [2.24, 2.45) is 0 Å². The van der Waals surface area contributed by atoms with E-state index in [0.717, 1.165) is 0 Å². The minimum absolute atomic E-state index is 0.300. The van der Waals surface area contributed by atoms with Gasteiger partial charge >= 0.3 is 5.97 Å². The van der Waals surface area contributed by atoms with Gasteiger partial charge in [-0.25, -0.2) is 4.79 Å². The number of ether oxygens (including phenoxy) is 5. The number of fused-ring (bicyclic) bond motifs is 1. The van der Waals surface area contributed by atoms with E-state index in [-0.39, 0.29) is 0 Å². The third-order valence-electron chi connectivity index (χ3n) is 3.69. The topological polar surface area (TPSA) is 83.5 Å². The average Bonchev–Trinajstić information content (AvgIpc) is 2.83. The Kier molecular flexibility index (Phi) is 3.11. The lowest BCUT2D eigenvalue weighted by atomic mass is 9.96. The van der Waals surface area contributed by atoms with Gasteiger partial charge in [-0.15, -0.1) is 0 Å². The molecule has 0 unspecified atom stereocenters. The molecule has 3 rings (SSSR count). The van der Waals surface area contributed by atoms with Gasteiger partial charge in [0.25, 0.3) is 0 Å². The molecule has 0 bridgehead atoms. The van der Waals surface area contributed by atoms with E-state index in [1.165, 1.54) is 0 Å². The molecule has 3 heterocycles. The van der Waals surface area contributed by atoms with Gasteiger partial charge in [0.2, 0.25) is 0 Å². The Hall–Kier alpha value is -0.730. The summed E-state index contributed by atoms with van der Waals surface area (Å²) in [5, 5.41) is 9.89. The van der Waals surface area contributed by atoms with Crippen LogP contribution < -0.4 is 0 Å². The van der Waals surface area contributed by atoms with Gasteiger partial charge < -0.3 is 28.8 Å². The minimum Gasteiger partial charge on any atom is -0.455 e. The normalized spacial score (nSPS) is 46.0. The van der Waals surface area contributed by atoms with Crippen LogP contribution in [0.1, 0.15) is 27.7 Å². The van der Waals surface area contributed by atoms with Crippen molar-refractivity contribution in [2.45, 2.75) is 69.8 Å². The van der Waals surface area contributed by atoms with E-state index in [0.29, 0.717) is 6.61 Å². The molecule has 0 saturated carbocycles. The van der Waals surface area contributed by atoms with Gasteiger partial charge in [-0.05, 0) is 27.7 Å². The molecule has 0 aromatic rings. The minimum atomic E-state index is -1.34. The standard InChI is InChI=1S/C13H20O7/c1-12(2)16-5-6(18-12)8-10-9(7(14)11(15)17-8)19-13(3,4)20-10/h6-10,14H,5H2,1-4H3/t6-,7-,8-,9-,10+/m1/s1. The summed E-state index contributed by atoms with van der Waals surface area (Å²) in [5.74, 6) is -2.32. The smallest absolute Gasteiger partial charge is 0.338 e. The lowest BCUT2D eigenvalue weighted by molar-refractivity contribution is -0.208. The first kappa shape index (κ1) is 14.2. The van der Waals surface area contributed by atoms with Crippen molar-refractivity contribution in [3.63, 3.8) is 0 Å². The fourth-order valence-electron chi connectivity index (χ4n) is 2.89. The van der Waals surface area contributed by atoms with Gasteiger partial charge in [0.15, 0.2) is 23.8 Å². The van der Waals surface area contributed by atoms with Crippen molar-refractivity contribution in [1.29, 1.82) is 0 Å². The third kappa shape index (κ3) is 2.33. The van der Waals surface area contributed by atoms with E-state index in [4.69, 9.17) is 23.7 Å². The molecule has 0 aliphatic carbocycles. The van der Waals surface area contributed by atoms with E-state index < -0.39 is 48.1 Å². The Morgan fingerprint density at radius 3 is 2.25 bits per heavy atom. The highest BCUT2D eigenvalue weighted by molar-refractivity contribution is 5.76. The molecule has 0 aromatic heterocycles. The van der Waals surface area contributed by atoms with Crippen LogP contribution in [0, 0.1) is 0 Å². The molecule has 0 radical (unpaired) electrons. The van der Waals surface area contributed by atoms with Crippen molar-refractivity contribution in [3.05, 3.63) is 0 Å². The average molecular weight is 288 g/mol. The molecule has 114 valence electrons. The molecule has 3 fully saturated rings. The predicted molar refractivity (Wildman–Crippen MR) is 64.6 cm³/mol. The lowest BCUT2D eigenvalue weighted by Gasteiger charge is -2.36. The molecular formula is C13H20O7. The second-order valence-electron chi connectivity index (χ2n) is 6.28. The van der Waals surface area contributed by atoms with Crippen molar-refractivity contribution in [2.75, 3.05) is 6.61 Å². The molecule has 0 aromatic carbocycles. The third-order valence-corrected chi connectivity index (χ3v) is 3.69. The monoisotopic (exact) mass is 288 g/mol. The summed E-state index contributed by atoms with van der Waals surface area (Å²) in [7, 11) is 0. The van der Waals surface area contributed by atoms with Crippen LogP contribution in [0.5, 0.6) is 0 Å². The maximum Gasteiger partial charge on any atom is 0.338 e. The highest BCUT2D eigenvalue weighted by atomic mass is 16.8. The quantitative estimate of drug-likeness (QED) is 0.677. The maximum atomic E-state index is 11.8. The number of rotatable bonds is 1. The molecule has 0 amide bonds. The number of cyclic esters (lactones) is 1. The second-order valence-corrected chi connectivity index (χ2v) is 6.28. The van der Waals surface area contributed by atoms with E-state index >= 15 is 0 Å². The summed E-state index contributed by atoms with van der Waals surface area (Å²) in [4.78, 5) is 11.8. The zero-order valence-electron chi connectivity index (χ0n) is 12.0. The van der Waals surface area contributed by atoms with E-state index in [1.54, 1.807) is 27.7 Å². The number of hydrogen-bond acceptors (Lipinski definition) is 7. The van der Waals surface area contributed by atoms with Crippen LogP contribution in [0.15, 0.2) is 0 Å². The largest absolute Gasteiger partial charge is 0.455 e. The zero-order valence-corrected chi connectivity index (χ0v) is 12.0. The van der Waals surface area contributed by atoms with Crippen molar-refractivity contribution < 1.29 is 33.6 Å². The van der Waals surface area contributed by atoms with Crippen LogP contribution >= 0.6 is 0 Å². The molecular weight excluding hydrogens is 268 g/mol. The summed E-state index contributed by atoms with van der Waals surface area (Å²) in [5.41, 5.74) is 0. The molecule has 0 spiro atoms. The summed E-state index contributed by atoms with van der Waals surface area (Å²) >= 11 is 0. The molecule has 3 saturated heterocycles. The number of carbonyl (C=O) groups excluding carboxylic acids is 1. The number of hydrogen-bond donors (Lipinski definition) is 1. The Labute approximate surface area is 117 Å². The van der Waals surface area contributed by atoms with Crippen LogP contribution in [0.2, 0.25) is 0 Å². The van der Waals surface area contributed by atoms with Crippen LogP contribution in [-0.4, -0.2) is 59.8 Å². The summed E-state index contributed by atoms with van der Waals surface area (Å²) in [6, 6.07) is 0. The van der Waals surface area contributed by atoms with Gasteiger partial charge in [-0.3, -0.25) is 0 Å². The Morgan fingerprint density at radius 2 is 1.65 bits per heavy atom. The summed E-state index contributed by atoms with van der Waals surface area (Å²) in [6.07, 6.45) is -3.75. The number of esters is 1. The number of aliphatic hydroxyl groups excluding tert-OH is 1. The van der Waals surface area contributed by atoms with Gasteiger partial charge in [0.1, 0.15) is 18.3 Å². The van der Waals surface area contributed by atoms with Crippen molar-refractivity contribution >= 4 is 5.97 Å². The molecule has 5 atom stereocenters. The van der Waals surface area contributed by atoms with E-state index in [1.807, 2.05) is 0 Å². The SMILES string of the molecule is CC1(C)O[C@H]2[C@@H]([C@H]3COC(C)(C)O3)OC(=O)[C@H](O)[C@H]2O1. The van der Waals surface area contributed by atoms with Crippen LogP contribution in [0.3, 0.4) is 0 Å². The number of carbonyl (C=O) groups is 1. The molecule has 3 aliphatic heterocycles. The Morgan fingerprint density at radius 1 is 1.00 bits per heavy atom. The molecule has 1 N–H and O–H groups in total. The van der Waals surface area contributed by atoms with Gasteiger partial charge in [0.05, 0.1) is 6.61 Å². The lowest BCUT2D eigenvalue weighted by Crippen LogP contribution is -2.58. The highest BCUT2D eigenvalue weighted by Crippen LogP contribution is 2.39. The summed E-state index contributed by atoms with van der Waals surface area (Å²) < 4.78 is 27.9. The van der Waals surface area contributed by atoms with Gasteiger partial charge in [0, 0.05) is 0 Å². The molecule has 3 aliphatic rings. The second kappa shape index (κ2) is 4.38. The Bertz CT molecular complexity index is 419. The van der Waals surface area contributed by atoms with Crippen LogP contribution in [-0.2, 0) is 28.5 Å². The van der Waals surface area contributed by atoms with Crippen molar-refractivity contribution in [3.8, 4) is 0 Å². The number of aliphatic hydroxyl groups is 1. The van der Waals surface area contributed by atoms with E-state index in [9.17, 15) is 9.90 Å². The fourth-order valence-corrected chi connectivity index (χ4v) is 2.89. The summed E-state index contributed by atoms with van der Waals surface area (Å²) in [6.45, 7) is 7.35. The van der Waals surface area contributed by atoms with Crippen LogP contribution in [0.25, 0.3) is 0 Å². The highest BCUT2D eigenvalue weighted by Gasteiger charge is 2.58. The predicted octanol–water partition coefficient (Wildman–Crippen LogP) is -0.0557. The molecule has 20 heavy (non-hydrogen) atoms. The van der Waals surface area contributed by atoms with Crippen LogP contribution in [0.4, 0.5) is 0 Å². The van der Waals surface area contributed by atoms with E-state index in [2.05, 4.69) is 0 Å². The van der Waals surface area contributed by atoms with Gasteiger partial charge in [-0.1, -0.05) is 0 Å². The van der Waals surface area contributed by atoms with Crippen molar-refractivity contribution in [1.82, 2.24) is 0 Å². The molecule has 7 nitrogen and oxygen atoms in total. The molecule has 7 heteroatoms. The maximum absolute atomic E-state index is 11.8. The van der Waals surface area contributed by atoms with Gasteiger partial charge in [-0.2, -0.15) is 0 Å². The first-order valence-electron chi connectivity index (χ1n) is 6.74. The first-order chi connectivity index (χ1) is 9.19. The first-order valence-corrected chi connectivity index (χ1v) is 6.74. The zero-order chi connectivity index (χ0) is 14.7.